The molecule has 2 aliphatic rings. The molecule has 0 unspecified atom stereocenters. The smallest absolute Gasteiger partial charge is 0.220 e. The standard InChI is InChI=1S/C20H32N4O/c1-24-12-10-20(11-13-24,18-7-3-2-4-8-18)16-21-19(25)9-5-6-17-14-22-23-15-17/h2-4,7-8,17,22-23H,5-6,9-16H2,1H3,(H,21,25). The van der Waals surface area contributed by atoms with Crippen LogP contribution in [0.3, 0.4) is 0 Å². The number of nitrogens with zero attached hydrogens (tertiary/aromatic N) is 1. The second kappa shape index (κ2) is 8.79. The second-order valence-corrected chi connectivity index (χ2v) is 7.75. The first-order valence-electron chi connectivity index (χ1n) is 9.64. The summed E-state index contributed by atoms with van der Waals surface area (Å²) in [7, 11) is 2.18. The molecule has 2 saturated heterocycles. The van der Waals surface area contributed by atoms with E-state index in [2.05, 4.69) is 58.4 Å². The summed E-state index contributed by atoms with van der Waals surface area (Å²) in [5, 5.41) is 3.24. The summed E-state index contributed by atoms with van der Waals surface area (Å²) in [5.74, 6) is 0.866. The van der Waals surface area contributed by atoms with Gasteiger partial charge in [0, 0.05) is 31.5 Å². The number of hydrogen-bond donors (Lipinski definition) is 3. The molecule has 0 radical (unpaired) electrons. The van der Waals surface area contributed by atoms with Crippen molar-refractivity contribution in [3.63, 3.8) is 0 Å². The van der Waals surface area contributed by atoms with E-state index in [9.17, 15) is 4.79 Å². The van der Waals surface area contributed by atoms with Crippen LogP contribution >= 0.6 is 0 Å². The average Bonchev–Trinajstić information content (AvgIpc) is 3.16. The fraction of sp³-hybridized carbons (Fsp3) is 0.650. The van der Waals surface area contributed by atoms with E-state index < -0.39 is 0 Å². The minimum absolute atomic E-state index is 0.0860. The van der Waals surface area contributed by atoms with Crippen molar-refractivity contribution < 1.29 is 4.79 Å². The minimum Gasteiger partial charge on any atom is -0.355 e. The van der Waals surface area contributed by atoms with E-state index >= 15 is 0 Å². The van der Waals surface area contributed by atoms with Gasteiger partial charge in [0.15, 0.2) is 0 Å². The molecule has 3 N–H and O–H groups in total. The molecule has 0 aromatic heterocycles. The van der Waals surface area contributed by atoms with Crippen molar-refractivity contribution >= 4 is 5.91 Å². The summed E-state index contributed by atoms with van der Waals surface area (Å²) in [5.41, 5.74) is 7.75. The Bertz CT molecular complexity index is 534. The molecule has 2 heterocycles. The maximum atomic E-state index is 12.3. The van der Waals surface area contributed by atoms with Crippen LogP contribution in [0.4, 0.5) is 0 Å². The number of benzene rings is 1. The zero-order valence-electron chi connectivity index (χ0n) is 15.4. The second-order valence-electron chi connectivity index (χ2n) is 7.75. The Morgan fingerprint density at radius 3 is 2.56 bits per heavy atom. The van der Waals surface area contributed by atoms with Crippen LogP contribution < -0.4 is 16.2 Å². The molecule has 138 valence electrons. The SMILES string of the molecule is CN1CCC(CNC(=O)CCCC2CNNC2)(c2ccccc2)CC1. The van der Waals surface area contributed by atoms with Gasteiger partial charge in [-0.05, 0) is 57.3 Å². The van der Waals surface area contributed by atoms with E-state index in [0.29, 0.717) is 12.3 Å². The molecule has 3 rings (SSSR count). The van der Waals surface area contributed by atoms with E-state index in [-0.39, 0.29) is 11.3 Å². The largest absolute Gasteiger partial charge is 0.355 e. The van der Waals surface area contributed by atoms with Crippen LogP contribution in [0.2, 0.25) is 0 Å². The van der Waals surface area contributed by atoms with Crippen LogP contribution in [0.15, 0.2) is 30.3 Å². The summed E-state index contributed by atoms with van der Waals surface area (Å²) >= 11 is 0. The normalized spacial score (nSPS) is 21.3. The monoisotopic (exact) mass is 344 g/mol. The van der Waals surface area contributed by atoms with Gasteiger partial charge in [-0.25, -0.2) is 0 Å². The highest BCUT2D eigenvalue weighted by Gasteiger charge is 2.35. The molecular formula is C20H32N4O. The Kier molecular flexibility index (Phi) is 6.45. The van der Waals surface area contributed by atoms with Gasteiger partial charge in [-0.2, -0.15) is 0 Å². The van der Waals surface area contributed by atoms with Crippen LogP contribution in [0.5, 0.6) is 0 Å². The minimum atomic E-state index is 0.0860. The summed E-state index contributed by atoms with van der Waals surface area (Å²) in [6, 6.07) is 10.7. The summed E-state index contributed by atoms with van der Waals surface area (Å²) in [4.78, 5) is 14.7. The third kappa shape index (κ3) is 5.03. The molecule has 0 atom stereocenters. The molecule has 0 bridgehead atoms. The van der Waals surface area contributed by atoms with Gasteiger partial charge in [0.2, 0.25) is 5.91 Å². The van der Waals surface area contributed by atoms with Crippen LogP contribution in [0, 0.1) is 5.92 Å². The summed E-state index contributed by atoms with van der Waals surface area (Å²) in [6.45, 7) is 4.98. The fourth-order valence-corrected chi connectivity index (χ4v) is 4.02. The first-order valence-corrected chi connectivity index (χ1v) is 9.64. The Hall–Kier alpha value is -1.43. The molecule has 0 aliphatic carbocycles. The van der Waals surface area contributed by atoms with E-state index in [1.807, 2.05) is 0 Å². The average molecular weight is 345 g/mol. The Balaban J connectivity index is 1.51. The van der Waals surface area contributed by atoms with Gasteiger partial charge in [-0.15, -0.1) is 0 Å². The molecule has 1 amide bonds. The lowest BCUT2D eigenvalue weighted by molar-refractivity contribution is -0.121. The molecule has 25 heavy (non-hydrogen) atoms. The number of carbonyl (C=O) groups is 1. The van der Waals surface area contributed by atoms with Crippen molar-refractivity contribution in [2.75, 3.05) is 39.8 Å². The van der Waals surface area contributed by atoms with Crippen molar-refractivity contribution in [3.8, 4) is 0 Å². The molecule has 2 aliphatic heterocycles. The predicted octanol–water partition coefficient (Wildman–Crippen LogP) is 1.66. The van der Waals surface area contributed by atoms with Gasteiger partial charge in [0.1, 0.15) is 0 Å². The van der Waals surface area contributed by atoms with E-state index in [1.54, 1.807) is 0 Å². The Morgan fingerprint density at radius 2 is 1.88 bits per heavy atom. The zero-order valence-corrected chi connectivity index (χ0v) is 15.4. The fourth-order valence-electron chi connectivity index (χ4n) is 4.02. The lowest BCUT2D eigenvalue weighted by atomic mass is 9.72. The number of hydrogen-bond acceptors (Lipinski definition) is 4. The summed E-state index contributed by atoms with van der Waals surface area (Å²) < 4.78 is 0. The van der Waals surface area contributed by atoms with Crippen LogP contribution in [0.25, 0.3) is 0 Å². The molecule has 1 aromatic rings. The van der Waals surface area contributed by atoms with Crippen LogP contribution in [-0.2, 0) is 10.2 Å². The number of likely N-dealkylation sites (tertiary alicyclic amines) is 1. The topological polar surface area (TPSA) is 56.4 Å². The van der Waals surface area contributed by atoms with E-state index in [0.717, 1.165) is 58.4 Å². The molecular weight excluding hydrogens is 312 g/mol. The number of carbonyl (C=O) groups excluding carboxylic acids is 1. The van der Waals surface area contributed by atoms with Crippen molar-refractivity contribution in [1.82, 2.24) is 21.1 Å². The highest BCUT2D eigenvalue weighted by molar-refractivity contribution is 5.76. The van der Waals surface area contributed by atoms with Crippen LogP contribution in [-0.4, -0.2) is 50.6 Å². The van der Waals surface area contributed by atoms with Crippen LogP contribution in [0.1, 0.15) is 37.7 Å². The number of piperidine rings is 1. The number of rotatable bonds is 7. The number of hydrazine groups is 1. The molecule has 5 heteroatoms. The van der Waals surface area contributed by atoms with Crippen molar-refractivity contribution in [2.24, 2.45) is 5.92 Å². The van der Waals surface area contributed by atoms with Gasteiger partial charge < -0.3 is 10.2 Å². The first kappa shape index (κ1) is 18.4. The van der Waals surface area contributed by atoms with E-state index in [4.69, 9.17) is 0 Å². The number of nitrogens with one attached hydrogen (secondary N) is 3. The third-order valence-corrected chi connectivity index (χ3v) is 5.88. The Morgan fingerprint density at radius 1 is 1.20 bits per heavy atom. The zero-order chi connectivity index (χ0) is 17.5. The van der Waals surface area contributed by atoms with Gasteiger partial charge in [-0.1, -0.05) is 30.3 Å². The Labute approximate surface area is 151 Å². The van der Waals surface area contributed by atoms with Crippen molar-refractivity contribution in [1.29, 1.82) is 0 Å². The van der Waals surface area contributed by atoms with Gasteiger partial charge >= 0.3 is 0 Å². The lowest BCUT2D eigenvalue weighted by Gasteiger charge is -2.41. The highest BCUT2D eigenvalue weighted by Crippen LogP contribution is 2.34. The number of amides is 1. The molecule has 2 fully saturated rings. The third-order valence-electron chi connectivity index (χ3n) is 5.88. The predicted molar refractivity (Wildman–Crippen MR) is 101 cm³/mol. The van der Waals surface area contributed by atoms with Gasteiger partial charge in [0.25, 0.3) is 0 Å². The first-order chi connectivity index (χ1) is 12.2. The molecule has 0 spiro atoms. The highest BCUT2D eigenvalue weighted by atomic mass is 16.1. The molecule has 1 aromatic carbocycles. The lowest BCUT2D eigenvalue weighted by Crippen LogP contribution is -2.48. The van der Waals surface area contributed by atoms with Crippen molar-refractivity contribution in [3.05, 3.63) is 35.9 Å². The van der Waals surface area contributed by atoms with E-state index in [1.165, 1.54) is 5.56 Å². The molecule has 5 nitrogen and oxygen atoms in total. The van der Waals surface area contributed by atoms with Crippen molar-refractivity contribution in [2.45, 2.75) is 37.5 Å². The molecule has 0 saturated carbocycles. The summed E-state index contributed by atoms with van der Waals surface area (Å²) in [6.07, 6.45) is 4.94. The maximum absolute atomic E-state index is 12.3. The quantitative estimate of drug-likeness (QED) is 0.704. The van der Waals surface area contributed by atoms with Gasteiger partial charge in [0.05, 0.1) is 0 Å². The maximum Gasteiger partial charge on any atom is 0.220 e. The van der Waals surface area contributed by atoms with Gasteiger partial charge in [-0.3, -0.25) is 15.6 Å².